The highest BCUT2D eigenvalue weighted by molar-refractivity contribution is 7.20. The van der Waals surface area contributed by atoms with Crippen molar-refractivity contribution in [3.8, 4) is 11.8 Å². The summed E-state index contributed by atoms with van der Waals surface area (Å²) >= 11 is 1.46. The van der Waals surface area contributed by atoms with Gasteiger partial charge in [0.25, 0.3) is 11.8 Å². The number of fused-ring (bicyclic) bond motifs is 1. The van der Waals surface area contributed by atoms with Gasteiger partial charge >= 0.3 is 0 Å². The maximum Gasteiger partial charge on any atom is 0.274 e. The number of hydrogen-bond acceptors (Lipinski definition) is 4. The van der Waals surface area contributed by atoms with E-state index in [4.69, 9.17) is 5.21 Å². The van der Waals surface area contributed by atoms with Gasteiger partial charge in [-0.15, -0.1) is 11.3 Å². The number of carbonyl (C=O) groups excluding carboxylic acids is 2. The van der Waals surface area contributed by atoms with Crippen LogP contribution in [0.3, 0.4) is 0 Å². The van der Waals surface area contributed by atoms with Gasteiger partial charge in [0.1, 0.15) is 0 Å². The number of carbonyl (C=O) groups is 2. The Morgan fingerprint density at radius 2 is 1.77 bits per heavy atom. The van der Waals surface area contributed by atoms with Crippen LogP contribution in [0.1, 0.15) is 25.6 Å². The minimum absolute atomic E-state index is 0.125. The van der Waals surface area contributed by atoms with E-state index in [9.17, 15) is 9.59 Å². The molecule has 26 heavy (non-hydrogen) atoms. The van der Waals surface area contributed by atoms with E-state index in [-0.39, 0.29) is 12.5 Å². The molecule has 6 heteroatoms. The van der Waals surface area contributed by atoms with Crippen LogP contribution in [0.15, 0.2) is 54.6 Å². The lowest BCUT2D eigenvalue weighted by atomic mass is 10.1. The molecule has 130 valence electrons. The minimum atomic E-state index is -0.549. The molecular weight excluding hydrogens is 348 g/mol. The number of hydroxylamine groups is 1. The molecule has 0 aliphatic rings. The summed E-state index contributed by atoms with van der Waals surface area (Å²) in [6.45, 7) is 0.276. The Balaban J connectivity index is 1.50. The Morgan fingerprint density at radius 3 is 2.50 bits per heavy atom. The second-order valence-electron chi connectivity index (χ2n) is 5.50. The molecular formula is C20H16N2O3S. The third-order valence-corrected chi connectivity index (χ3v) is 4.84. The van der Waals surface area contributed by atoms with E-state index < -0.39 is 5.91 Å². The summed E-state index contributed by atoms with van der Waals surface area (Å²) in [5.41, 5.74) is 2.91. The number of rotatable bonds is 4. The Morgan fingerprint density at radius 1 is 1.00 bits per heavy atom. The molecule has 1 heterocycles. The Kier molecular flexibility index (Phi) is 5.64. The lowest BCUT2D eigenvalue weighted by molar-refractivity contribution is 0.0706. The fourth-order valence-electron chi connectivity index (χ4n) is 2.37. The van der Waals surface area contributed by atoms with Gasteiger partial charge in [0.05, 0.1) is 11.4 Å². The molecule has 0 aliphatic heterocycles. The Bertz CT molecular complexity index is 964. The molecule has 3 rings (SSSR count). The first-order chi connectivity index (χ1) is 12.7. The van der Waals surface area contributed by atoms with Gasteiger partial charge in [-0.25, -0.2) is 5.48 Å². The minimum Gasteiger partial charge on any atom is -0.340 e. The van der Waals surface area contributed by atoms with Gasteiger partial charge in [0.15, 0.2) is 0 Å². The number of benzene rings is 2. The van der Waals surface area contributed by atoms with E-state index in [2.05, 4.69) is 17.2 Å². The van der Waals surface area contributed by atoms with Crippen LogP contribution in [0.5, 0.6) is 0 Å². The van der Waals surface area contributed by atoms with Crippen molar-refractivity contribution in [2.45, 2.75) is 6.42 Å². The maximum absolute atomic E-state index is 12.2. The van der Waals surface area contributed by atoms with Crippen LogP contribution >= 0.6 is 11.3 Å². The van der Waals surface area contributed by atoms with Gasteiger partial charge in [0, 0.05) is 16.7 Å². The molecule has 3 aromatic rings. The van der Waals surface area contributed by atoms with E-state index in [0.717, 1.165) is 15.6 Å². The highest BCUT2D eigenvalue weighted by Gasteiger charge is 2.08. The summed E-state index contributed by atoms with van der Waals surface area (Å²) < 4.78 is 1.09. The first-order valence-corrected chi connectivity index (χ1v) is 8.75. The number of hydrogen-bond donors (Lipinski definition) is 3. The molecule has 0 unspecified atom stereocenters. The monoisotopic (exact) mass is 364 g/mol. The highest BCUT2D eigenvalue weighted by atomic mass is 32.1. The third-order valence-electron chi connectivity index (χ3n) is 3.72. The lowest BCUT2D eigenvalue weighted by Gasteiger charge is -2.00. The summed E-state index contributed by atoms with van der Waals surface area (Å²) in [5.74, 6) is 5.23. The van der Waals surface area contributed by atoms with Gasteiger partial charge in [-0.1, -0.05) is 42.2 Å². The highest BCUT2D eigenvalue weighted by Crippen LogP contribution is 2.24. The topological polar surface area (TPSA) is 78.4 Å². The van der Waals surface area contributed by atoms with Crippen molar-refractivity contribution < 1.29 is 14.8 Å². The first-order valence-electron chi connectivity index (χ1n) is 7.93. The van der Waals surface area contributed by atoms with Gasteiger partial charge in [0.2, 0.25) is 0 Å². The molecule has 0 saturated carbocycles. The van der Waals surface area contributed by atoms with Crippen LogP contribution in [0, 0.1) is 11.8 Å². The second-order valence-corrected chi connectivity index (χ2v) is 6.58. The molecule has 0 spiro atoms. The molecule has 3 N–H and O–H groups in total. The zero-order valence-electron chi connectivity index (χ0n) is 13.8. The van der Waals surface area contributed by atoms with Crippen molar-refractivity contribution in [2.75, 3.05) is 6.54 Å². The quantitative estimate of drug-likeness (QED) is 0.378. The van der Waals surface area contributed by atoms with Gasteiger partial charge < -0.3 is 5.32 Å². The lowest BCUT2D eigenvalue weighted by Crippen LogP contribution is -2.22. The van der Waals surface area contributed by atoms with Crippen LogP contribution in [0.25, 0.3) is 10.1 Å². The molecule has 0 radical (unpaired) electrons. The molecule has 2 aromatic carbocycles. The molecule has 1 aromatic heterocycles. The third kappa shape index (κ3) is 4.28. The Labute approximate surface area is 154 Å². The molecule has 0 saturated heterocycles. The average molecular weight is 364 g/mol. The summed E-state index contributed by atoms with van der Waals surface area (Å²) in [6, 6.07) is 16.5. The van der Waals surface area contributed by atoms with Crippen LogP contribution < -0.4 is 10.8 Å². The van der Waals surface area contributed by atoms with Crippen molar-refractivity contribution in [2.24, 2.45) is 0 Å². The van der Waals surface area contributed by atoms with E-state index in [1.54, 1.807) is 29.7 Å². The van der Waals surface area contributed by atoms with Crippen molar-refractivity contribution in [3.05, 3.63) is 70.6 Å². The molecule has 0 fully saturated rings. The second kappa shape index (κ2) is 8.30. The predicted molar refractivity (Wildman–Crippen MR) is 101 cm³/mol. The van der Waals surface area contributed by atoms with E-state index in [1.165, 1.54) is 11.3 Å². The first kappa shape index (κ1) is 17.7. The molecule has 0 bridgehead atoms. The van der Waals surface area contributed by atoms with E-state index in [1.807, 2.05) is 30.3 Å². The fraction of sp³-hybridized carbons (Fsp3) is 0.100. The molecule has 0 aliphatic carbocycles. The smallest absolute Gasteiger partial charge is 0.274 e. The maximum atomic E-state index is 12.2. The zero-order valence-corrected chi connectivity index (χ0v) is 14.6. The van der Waals surface area contributed by atoms with Crippen LogP contribution in [0.4, 0.5) is 0 Å². The van der Waals surface area contributed by atoms with Gasteiger partial charge in [-0.05, 0) is 35.2 Å². The molecule has 5 nitrogen and oxygen atoms in total. The number of amides is 2. The largest absolute Gasteiger partial charge is 0.340 e. The normalized spacial score (nSPS) is 10.0. The predicted octanol–water partition coefficient (Wildman–Crippen LogP) is 3.00. The van der Waals surface area contributed by atoms with Crippen molar-refractivity contribution in [3.63, 3.8) is 0 Å². The summed E-state index contributed by atoms with van der Waals surface area (Å²) in [6.07, 6.45) is 0.514. The number of thiophene rings is 1. The SMILES string of the molecule is O=C(NO)c1ccc(CC#CCNC(=O)c2cc3ccccc3s2)cc1. The van der Waals surface area contributed by atoms with Crippen LogP contribution in [-0.2, 0) is 6.42 Å². The van der Waals surface area contributed by atoms with Crippen LogP contribution in [0.2, 0.25) is 0 Å². The molecule has 2 amide bonds. The van der Waals surface area contributed by atoms with Crippen LogP contribution in [-0.4, -0.2) is 23.6 Å². The van der Waals surface area contributed by atoms with Gasteiger partial charge in [-0.2, -0.15) is 0 Å². The fourth-order valence-corrected chi connectivity index (χ4v) is 3.35. The standard InChI is InChI=1S/C20H16N2O3S/c23-19(22-25)15-10-8-14(9-11-15)5-3-4-12-21-20(24)18-13-16-6-1-2-7-17(16)26-18/h1-2,6-11,13,25H,5,12H2,(H,21,24)(H,22,23). The zero-order chi connectivity index (χ0) is 18.4. The summed E-state index contributed by atoms with van der Waals surface area (Å²) in [5, 5.41) is 12.4. The van der Waals surface area contributed by atoms with E-state index >= 15 is 0 Å². The number of nitrogens with one attached hydrogen (secondary N) is 2. The summed E-state index contributed by atoms with van der Waals surface area (Å²) in [4.78, 5) is 24.1. The van der Waals surface area contributed by atoms with E-state index in [0.29, 0.717) is 16.9 Å². The summed E-state index contributed by atoms with van der Waals surface area (Å²) in [7, 11) is 0. The Hall–Kier alpha value is -3.14. The van der Waals surface area contributed by atoms with Gasteiger partial charge in [-0.3, -0.25) is 14.8 Å². The van der Waals surface area contributed by atoms with Crippen molar-refractivity contribution in [1.29, 1.82) is 0 Å². The van der Waals surface area contributed by atoms with Crippen molar-refractivity contribution in [1.82, 2.24) is 10.8 Å². The van der Waals surface area contributed by atoms with Crippen molar-refractivity contribution >= 4 is 33.2 Å². The molecule has 0 atom stereocenters. The average Bonchev–Trinajstić information content (AvgIpc) is 3.12.